The van der Waals surface area contributed by atoms with Crippen LogP contribution in [-0.4, -0.2) is 31.6 Å². The van der Waals surface area contributed by atoms with Crippen molar-refractivity contribution in [2.75, 3.05) is 18.1 Å². The Morgan fingerprint density at radius 3 is 3.06 bits per heavy atom. The zero-order valence-corrected chi connectivity index (χ0v) is 10.5. The van der Waals surface area contributed by atoms with Gasteiger partial charge in [0.15, 0.2) is 6.29 Å². The maximum absolute atomic E-state index is 10.7. The van der Waals surface area contributed by atoms with Crippen molar-refractivity contribution >= 4 is 22.6 Å². The molecule has 3 nitrogen and oxygen atoms in total. The molecule has 0 N–H and O–H groups in total. The van der Waals surface area contributed by atoms with Crippen LogP contribution in [0.1, 0.15) is 29.9 Å². The number of rotatable bonds is 3. The Balaban J connectivity index is 2.18. The average molecular weight is 239 g/mol. The van der Waals surface area contributed by atoms with Crippen LogP contribution in [0, 0.1) is 0 Å². The minimum absolute atomic E-state index is 0.268. The number of ether oxygens (including phenoxy) is 1. The number of morpholine rings is 1. The van der Waals surface area contributed by atoms with Gasteiger partial charge in [-0.15, -0.1) is 11.3 Å². The highest BCUT2D eigenvalue weighted by molar-refractivity contribution is 7.17. The molecule has 1 aromatic rings. The zero-order valence-electron chi connectivity index (χ0n) is 9.68. The minimum Gasteiger partial charge on any atom is -0.375 e. The Bertz CT molecular complexity index is 364. The summed E-state index contributed by atoms with van der Waals surface area (Å²) in [6.07, 6.45) is 2.25. The van der Waals surface area contributed by atoms with Crippen molar-refractivity contribution in [1.29, 1.82) is 0 Å². The predicted molar refractivity (Wildman–Crippen MR) is 66.5 cm³/mol. The lowest BCUT2D eigenvalue weighted by Gasteiger charge is -2.39. The van der Waals surface area contributed by atoms with Gasteiger partial charge >= 0.3 is 0 Å². The lowest BCUT2D eigenvalue weighted by Crippen LogP contribution is -2.48. The highest BCUT2D eigenvalue weighted by Gasteiger charge is 2.26. The molecule has 0 amide bonds. The zero-order chi connectivity index (χ0) is 11.5. The second kappa shape index (κ2) is 4.97. The molecule has 0 aliphatic carbocycles. The first kappa shape index (κ1) is 11.6. The van der Waals surface area contributed by atoms with Gasteiger partial charge in [0, 0.05) is 6.54 Å². The summed E-state index contributed by atoms with van der Waals surface area (Å²) >= 11 is 1.56. The number of carbonyl (C=O) groups is 1. The van der Waals surface area contributed by atoms with Gasteiger partial charge in [-0.05, 0) is 25.5 Å². The highest BCUT2D eigenvalue weighted by Crippen LogP contribution is 2.29. The summed E-state index contributed by atoms with van der Waals surface area (Å²) in [4.78, 5) is 13.8. The van der Waals surface area contributed by atoms with Crippen LogP contribution >= 0.6 is 11.3 Å². The largest absolute Gasteiger partial charge is 0.375 e. The molecule has 2 unspecified atom stereocenters. The van der Waals surface area contributed by atoms with Crippen LogP contribution in [0.5, 0.6) is 0 Å². The molecule has 1 saturated heterocycles. The molecule has 0 radical (unpaired) electrons. The first-order chi connectivity index (χ1) is 7.74. The molecule has 1 aliphatic rings. The van der Waals surface area contributed by atoms with E-state index < -0.39 is 0 Å². The highest BCUT2D eigenvalue weighted by atomic mass is 32.1. The van der Waals surface area contributed by atoms with E-state index in [2.05, 4.69) is 18.7 Å². The molecular formula is C12H17NO2S. The molecular weight excluding hydrogens is 222 g/mol. The molecule has 2 heterocycles. The molecule has 1 aliphatic heterocycles. The van der Waals surface area contributed by atoms with E-state index in [0.717, 1.165) is 30.7 Å². The lowest BCUT2D eigenvalue weighted by molar-refractivity contribution is 0.0302. The van der Waals surface area contributed by atoms with E-state index in [1.165, 1.54) is 5.00 Å². The minimum atomic E-state index is 0.268. The topological polar surface area (TPSA) is 29.5 Å². The van der Waals surface area contributed by atoms with Crippen LogP contribution in [0.4, 0.5) is 5.00 Å². The Morgan fingerprint density at radius 2 is 2.44 bits per heavy atom. The standard InChI is InChI=1S/C12H17NO2S/c1-3-10-8-15-9(2)6-13(10)12-5-4-11(7-14)16-12/h4-5,7,9-10H,3,6,8H2,1-2H3. The molecule has 2 rings (SSSR count). The van der Waals surface area contributed by atoms with Gasteiger partial charge in [0.25, 0.3) is 0 Å². The Hall–Kier alpha value is -0.870. The summed E-state index contributed by atoms with van der Waals surface area (Å²) in [5.41, 5.74) is 0. The molecule has 0 aromatic carbocycles. The summed E-state index contributed by atoms with van der Waals surface area (Å²) in [6.45, 7) is 5.96. The Kier molecular flexibility index (Phi) is 3.61. The third kappa shape index (κ3) is 2.28. The number of aldehydes is 1. The predicted octanol–water partition coefficient (Wildman–Crippen LogP) is 2.56. The van der Waals surface area contributed by atoms with Crippen molar-refractivity contribution in [3.05, 3.63) is 17.0 Å². The Morgan fingerprint density at radius 1 is 1.62 bits per heavy atom. The number of thiophene rings is 1. The van der Waals surface area contributed by atoms with E-state index in [1.807, 2.05) is 12.1 Å². The van der Waals surface area contributed by atoms with E-state index in [1.54, 1.807) is 11.3 Å². The van der Waals surface area contributed by atoms with Crippen LogP contribution in [0.15, 0.2) is 12.1 Å². The van der Waals surface area contributed by atoms with Crippen LogP contribution < -0.4 is 4.90 Å². The van der Waals surface area contributed by atoms with E-state index in [9.17, 15) is 4.79 Å². The van der Waals surface area contributed by atoms with E-state index in [4.69, 9.17) is 4.74 Å². The van der Waals surface area contributed by atoms with Gasteiger partial charge in [0.05, 0.1) is 28.6 Å². The van der Waals surface area contributed by atoms with Crippen LogP contribution in [-0.2, 0) is 4.74 Å². The number of nitrogens with zero attached hydrogens (tertiary/aromatic N) is 1. The van der Waals surface area contributed by atoms with Gasteiger partial charge in [-0.2, -0.15) is 0 Å². The molecule has 0 bridgehead atoms. The van der Waals surface area contributed by atoms with Gasteiger partial charge in [-0.3, -0.25) is 4.79 Å². The van der Waals surface area contributed by atoms with Crippen molar-refractivity contribution in [3.63, 3.8) is 0 Å². The van der Waals surface area contributed by atoms with E-state index in [0.29, 0.717) is 6.04 Å². The van der Waals surface area contributed by atoms with E-state index in [-0.39, 0.29) is 6.10 Å². The number of anilines is 1. The van der Waals surface area contributed by atoms with Crippen LogP contribution in [0.25, 0.3) is 0 Å². The molecule has 1 aromatic heterocycles. The summed E-state index contributed by atoms with van der Waals surface area (Å²) in [5.74, 6) is 0. The molecule has 0 saturated carbocycles. The van der Waals surface area contributed by atoms with Crippen molar-refractivity contribution in [2.45, 2.75) is 32.4 Å². The lowest BCUT2D eigenvalue weighted by atomic mass is 10.1. The maximum atomic E-state index is 10.7. The number of hydrogen-bond donors (Lipinski definition) is 0. The monoisotopic (exact) mass is 239 g/mol. The molecule has 0 spiro atoms. The number of hydrogen-bond acceptors (Lipinski definition) is 4. The molecule has 16 heavy (non-hydrogen) atoms. The summed E-state index contributed by atoms with van der Waals surface area (Å²) in [6, 6.07) is 4.36. The third-order valence-electron chi connectivity index (χ3n) is 2.95. The average Bonchev–Trinajstić information content (AvgIpc) is 2.77. The normalized spacial score (nSPS) is 25.8. The van der Waals surface area contributed by atoms with Crippen molar-refractivity contribution in [1.82, 2.24) is 0 Å². The third-order valence-corrected chi connectivity index (χ3v) is 4.00. The number of carbonyl (C=O) groups excluding carboxylic acids is 1. The van der Waals surface area contributed by atoms with Gasteiger partial charge in [0.1, 0.15) is 0 Å². The van der Waals surface area contributed by atoms with Crippen LogP contribution in [0.3, 0.4) is 0 Å². The second-order valence-corrected chi connectivity index (χ2v) is 5.25. The molecule has 4 heteroatoms. The fourth-order valence-electron chi connectivity index (χ4n) is 2.01. The molecule has 88 valence electrons. The fraction of sp³-hybridized carbons (Fsp3) is 0.583. The Labute approximate surface area is 100 Å². The van der Waals surface area contributed by atoms with Crippen molar-refractivity contribution in [2.24, 2.45) is 0 Å². The smallest absolute Gasteiger partial charge is 0.160 e. The van der Waals surface area contributed by atoms with E-state index >= 15 is 0 Å². The van der Waals surface area contributed by atoms with Crippen molar-refractivity contribution in [3.8, 4) is 0 Å². The summed E-state index contributed by atoms with van der Waals surface area (Å²) in [7, 11) is 0. The molecule has 1 fully saturated rings. The first-order valence-electron chi connectivity index (χ1n) is 5.67. The van der Waals surface area contributed by atoms with Gasteiger partial charge < -0.3 is 9.64 Å². The summed E-state index contributed by atoms with van der Waals surface area (Å²) < 4.78 is 5.66. The van der Waals surface area contributed by atoms with Gasteiger partial charge in [-0.25, -0.2) is 0 Å². The molecule has 2 atom stereocenters. The van der Waals surface area contributed by atoms with Crippen LogP contribution in [0.2, 0.25) is 0 Å². The van der Waals surface area contributed by atoms with Gasteiger partial charge in [-0.1, -0.05) is 6.92 Å². The SMILES string of the molecule is CCC1COC(C)CN1c1ccc(C=O)s1. The first-order valence-corrected chi connectivity index (χ1v) is 6.49. The second-order valence-electron chi connectivity index (χ2n) is 4.15. The van der Waals surface area contributed by atoms with Crippen molar-refractivity contribution < 1.29 is 9.53 Å². The summed E-state index contributed by atoms with van der Waals surface area (Å²) in [5, 5.41) is 1.18. The quantitative estimate of drug-likeness (QED) is 0.759. The fourth-order valence-corrected chi connectivity index (χ4v) is 2.91. The van der Waals surface area contributed by atoms with Gasteiger partial charge in [0.2, 0.25) is 0 Å². The maximum Gasteiger partial charge on any atom is 0.160 e.